The van der Waals surface area contributed by atoms with Gasteiger partial charge in [0.15, 0.2) is 0 Å². The Labute approximate surface area is 89.9 Å². The molecule has 1 heterocycles. The average molecular weight is 208 g/mol. The summed E-state index contributed by atoms with van der Waals surface area (Å²) in [5.41, 5.74) is 1.47. The molecule has 0 aliphatic carbocycles. The van der Waals surface area contributed by atoms with E-state index in [9.17, 15) is 0 Å². The van der Waals surface area contributed by atoms with Crippen LogP contribution in [0.3, 0.4) is 0 Å². The number of ether oxygens (including phenoxy) is 1. The summed E-state index contributed by atoms with van der Waals surface area (Å²) in [6.45, 7) is 2.97. The maximum atomic E-state index is 5.73. The molecule has 2 heteroatoms. The van der Waals surface area contributed by atoms with Crippen molar-refractivity contribution in [3.63, 3.8) is 0 Å². The summed E-state index contributed by atoms with van der Waals surface area (Å²) in [5, 5.41) is 0. The number of benzene rings is 1. The first-order valence-corrected chi connectivity index (χ1v) is 6.28. The molecule has 0 spiro atoms. The standard InChI is InChI=1S/C12H16OS/c1-2-8-13-11-7-3-5-10-6-4-9-14-12(10)11/h3,5,7H,2,4,6,8-9H2,1H3. The molecule has 0 N–H and O–H groups in total. The van der Waals surface area contributed by atoms with Gasteiger partial charge in [0.2, 0.25) is 0 Å². The molecule has 76 valence electrons. The van der Waals surface area contributed by atoms with Crippen molar-refractivity contribution in [1.29, 1.82) is 0 Å². The zero-order chi connectivity index (χ0) is 9.80. The quantitative estimate of drug-likeness (QED) is 0.751. The van der Waals surface area contributed by atoms with Crippen LogP contribution in [0.15, 0.2) is 23.1 Å². The molecule has 0 aromatic heterocycles. The second-order valence-corrected chi connectivity index (χ2v) is 4.65. The third kappa shape index (κ3) is 2.06. The van der Waals surface area contributed by atoms with E-state index >= 15 is 0 Å². The van der Waals surface area contributed by atoms with Gasteiger partial charge in [-0.25, -0.2) is 0 Å². The molecular formula is C12H16OS. The Bertz CT molecular complexity index is 309. The predicted octanol–water partition coefficient (Wildman–Crippen LogP) is 3.51. The molecule has 1 aliphatic heterocycles. The first-order chi connectivity index (χ1) is 6.92. The van der Waals surface area contributed by atoms with Crippen molar-refractivity contribution in [3.05, 3.63) is 23.8 Å². The van der Waals surface area contributed by atoms with Gasteiger partial charge in [0.1, 0.15) is 5.75 Å². The van der Waals surface area contributed by atoms with Gasteiger partial charge in [-0.2, -0.15) is 0 Å². The van der Waals surface area contributed by atoms with Gasteiger partial charge in [-0.1, -0.05) is 19.1 Å². The Hall–Kier alpha value is -0.630. The molecule has 1 aliphatic rings. The van der Waals surface area contributed by atoms with Crippen LogP contribution >= 0.6 is 11.8 Å². The number of aryl methyl sites for hydroxylation is 1. The molecule has 14 heavy (non-hydrogen) atoms. The zero-order valence-electron chi connectivity index (χ0n) is 8.58. The van der Waals surface area contributed by atoms with Gasteiger partial charge in [-0.15, -0.1) is 11.8 Å². The Morgan fingerprint density at radius 2 is 2.36 bits per heavy atom. The van der Waals surface area contributed by atoms with E-state index in [0.717, 1.165) is 18.8 Å². The van der Waals surface area contributed by atoms with Crippen molar-refractivity contribution in [2.75, 3.05) is 12.4 Å². The van der Waals surface area contributed by atoms with E-state index in [1.54, 1.807) is 0 Å². The molecule has 0 amide bonds. The normalized spacial score (nSPS) is 14.9. The summed E-state index contributed by atoms with van der Waals surface area (Å²) < 4.78 is 5.73. The minimum absolute atomic E-state index is 0.830. The van der Waals surface area contributed by atoms with Gasteiger partial charge in [-0.3, -0.25) is 0 Å². The summed E-state index contributed by atoms with van der Waals surface area (Å²) in [5.74, 6) is 2.33. The lowest BCUT2D eigenvalue weighted by Gasteiger charge is -2.18. The fourth-order valence-electron chi connectivity index (χ4n) is 1.68. The van der Waals surface area contributed by atoms with Gasteiger partial charge in [0.25, 0.3) is 0 Å². The van der Waals surface area contributed by atoms with Crippen LogP contribution in [0, 0.1) is 0 Å². The van der Waals surface area contributed by atoms with Gasteiger partial charge in [0.05, 0.1) is 11.5 Å². The van der Waals surface area contributed by atoms with E-state index < -0.39 is 0 Å². The molecule has 0 saturated heterocycles. The van der Waals surface area contributed by atoms with Gasteiger partial charge < -0.3 is 4.74 Å². The van der Waals surface area contributed by atoms with Crippen molar-refractivity contribution in [2.24, 2.45) is 0 Å². The molecular weight excluding hydrogens is 192 g/mol. The van der Waals surface area contributed by atoms with E-state index in [1.165, 1.54) is 29.1 Å². The van der Waals surface area contributed by atoms with E-state index in [4.69, 9.17) is 4.74 Å². The SMILES string of the molecule is CCCOc1cccc2c1SCCC2. The molecule has 2 rings (SSSR count). The van der Waals surface area contributed by atoms with E-state index in [-0.39, 0.29) is 0 Å². The van der Waals surface area contributed by atoms with E-state index in [1.807, 2.05) is 11.8 Å². The highest BCUT2D eigenvalue weighted by atomic mass is 32.2. The van der Waals surface area contributed by atoms with Crippen molar-refractivity contribution in [2.45, 2.75) is 31.1 Å². The fourth-order valence-corrected chi connectivity index (χ4v) is 2.80. The van der Waals surface area contributed by atoms with Crippen LogP contribution in [0.1, 0.15) is 25.3 Å². The second-order valence-electron chi connectivity index (χ2n) is 3.54. The Kier molecular flexibility index (Phi) is 3.35. The highest BCUT2D eigenvalue weighted by Crippen LogP contribution is 2.37. The minimum Gasteiger partial charge on any atom is -0.492 e. The zero-order valence-corrected chi connectivity index (χ0v) is 9.40. The monoisotopic (exact) mass is 208 g/mol. The van der Waals surface area contributed by atoms with Crippen molar-refractivity contribution in [1.82, 2.24) is 0 Å². The third-order valence-corrected chi connectivity index (χ3v) is 3.60. The molecule has 1 nitrogen and oxygen atoms in total. The maximum absolute atomic E-state index is 5.73. The lowest BCUT2D eigenvalue weighted by Crippen LogP contribution is -2.03. The summed E-state index contributed by atoms with van der Waals surface area (Å²) >= 11 is 1.94. The van der Waals surface area contributed by atoms with E-state index in [2.05, 4.69) is 25.1 Å². The first kappa shape index (κ1) is 9.91. The molecule has 0 atom stereocenters. The molecule has 1 aromatic rings. The summed E-state index contributed by atoms with van der Waals surface area (Å²) in [6.07, 6.45) is 3.59. The lowest BCUT2D eigenvalue weighted by molar-refractivity contribution is 0.309. The number of thioether (sulfide) groups is 1. The first-order valence-electron chi connectivity index (χ1n) is 5.29. The van der Waals surface area contributed by atoms with Crippen LogP contribution in [0.4, 0.5) is 0 Å². The third-order valence-electron chi connectivity index (χ3n) is 2.36. The summed E-state index contributed by atoms with van der Waals surface area (Å²) in [6, 6.07) is 6.42. The van der Waals surface area contributed by atoms with Crippen LogP contribution < -0.4 is 4.74 Å². The van der Waals surface area contributed by atoms with Crippen LogP contribution in [0.25, 0.3) is 0 Å². The highest BCUT2D eigenvalue weighted by Gasteiger charge is 2.13. The fraction of sp³-hybridized carbons (Fsp3) is 0.500. The number of fused-ring (bicyclic) bond motifs is 1. The van der Waals surface area contributed by atoms with Crippen LogP contribution in [-0.2, 0) is 6.42 Å². The minimum atomic E-state index is 0.830. The summed E-state index contributed by atoms with van der Waals surface area (Å²) in [4.78, 5) is 1.38. The topological polar surface area (TPSA) is 9.23 Å². The highest BCUT2D eigenvalue weighted by molar-refractivity contribution is 7.99. The van der Waals surface area contributed by atoms with Crippen LogP contribution in [-0.4, -0.2) is 12.4 Å². The number of hydrogen-bond acceptors (Lipinski definition) is 2. The molecule has 0 radical (unpaired) electrons. The van der Waals surface area contributed by atoms with Gasteiger partial charge in [0, 0.05) is 0 Å². The molecule has 0 bridgehead atoms. The Morgan fingerprint density at radius 1 is 1.43 bits per heavy atom. The van der Waals surface area contributed by atoms with Crippen molar-refractivity contribution < 1.29 is 4.74 Å². The van der Waals surface area contributed by atoms with Crippen molar-refractivity contribution in [3.8, 4) is 5.75 Å². The smallest absolute Gasteiger partial charge is 0.133 e. The van der Waals surface area contributed by atoms with Crippen molar-refractivity contribution >= 4 is 11.8 Å². The molecule has 0 fully saturated rings. The summed E-state index contributed by atoms with van der Waals surface area (Å²) in [7, 11) is 0. The number of rotatable bonds is 3. The maximum Gasteiger partial charge on any atom is 0.133 e. The lowest BCUT2D eigenvalue weighted by atomic mass is 10.1. The Morgan fingerprint density at radius 3 is 3.21 bits per heavy atom. The van der Waals surface area contributed by atoms with E-state index in [0.29, 0.717) is 0 Å². The van der Waals surface area contributed by atoms with Crippen LogP contribution in [0.5, 0.6) is 5.75 Å². The Balaban J connectivity index is 2.21. The molecule has 0 saturated carbocycles. The van der Waals surface area contributed by atoms with Gasteiger partial charge in [-0.05, 0) is 36.6 Å². The number of hydrogen-bond donors (Lipinski definition) is 0. The van der Waals surface area contributed by atoms with Gasteiger partial charge >= 0.3 is 0 Å². The molecule has 1 aromatic carbocycles. The average Bonchev–Trinajstić information content (AvgIpc) is 2.26. The molecule has 0 unspecified atom stereocenters. The largest absolute Gasteiger partial charge is 0.492 e. The van der Waals surface area contributed by atoms with Crippen LogP contribution in [0.2, 0.25) is 0 Å². The second kappa shape index (κ2) is 4.74. The predicted molar refractivity (Wildman–Crippen MR) is 61.3 cm³/mol.